The van der Waals surface area contributed by atoms with Gasteiger partial charge >= 0.3 is 5.63 Å². The lowest BCUT2D eigenvalue weighted by Crippen LogP contribution is -2.08. The normalized spacial score (nSPS) is 10.8. The standard InChI is InChI=1S/C18H13N3O2S/c19-18-21-13(10-24-18)15-16(20-11-6-2-1-3-7-11)12-8-4-5-9-14(12)23-17(15)22/h1-10,20H,(H2,19,21). The molecule has 6 heteroatoms. The molecule has 0 fully saturated rings. The molecule has 0 radical (unpaired) electrons. The molecule has 118 valence electrons. The molecular weight excluding hydrogens is 322 g/mol. The maximum atomic E-state index is 12.6. The van der Waals surface area contributed by atoms with Gasteiger partial charge in [0.05, 0.1) is 11.4 Å². The molecule has 0 unspecified atom stereocenters. The fourth-order valence-electron chi connectivity index (χ4n) is 2.58. The number of benzene rings is 2. The smallest absolute Gasteiger partial charge is 0.347 e. The van der Waals surface area contributed by atoms with Crippen molar-refractivity contribution in [2.45, 2.75) is 0 Å². The lowest BCUT2D eigenvalue weighted by molar-refractivity contribution is 0.564. The van der Waals surface area contributed by atoms with E-state index in [1.807, 2.05) is 48.5 Å². The Bertz CT molecular complexity index is 1070. The average Bonchev–Trinajstić information content (AvgIpc) is 3.02. The summed E-state index contributed by atoms with van der Waals surface area (Å²) in [7, 11) is 0. The molecule has 4 aromatic rings. The zero-order valence-electron chi connectivity index (χ0n) is 12.5. The largest absolute Gasteiger partial charge is 0.422 e. The molecule has 0 aliphatic carbocycles. The highest BCUT2D eigenvalue weighted by Crippen LogP contribution is 2.34. The summed E-state index contributed by atoms with van der Waals surface area (Å²) in [4.78, 5) is 16.8. The van der Waals surface area contributed by atoms with Crippen LogP contribution in [0.15, 0.2) is 69.2 Å². The molecule has 0 bridgehead atoms. The van der Waals surface area contributed by atoms with Gasteiger partial charge < -0.3 is 15.5 Å². The first-order chi connectivity index (χ1) is 11.7. The summed E-state index contributed by atoms with van der Waals surface area (Å²) in [6.45, 7) is 0. The van der Waals surface area contributed by atoms with Gasteiger partial charge in [0.2, 0.25) is 0 Å². The predicted molar refractivity (Wildman–Crippen MR) is 97.7 cm³/mol. The van der Waals surface area contributed by atoms with Crippen molar-refractivity contribution < 1.29 is 4.42 Å². The van der Waals surface area contributed by atoms with Crippen LogP contribution in [0, 0.1) is 0 Å². The molecule has 0 spiro atoms. The number of nitrogens with two attached hydrogens (primary N) is 1. The quantitative estimate of drug-likeness (QED) is 0.547. The Morgan fingerprint density at radius 1 is 1.04 bits per heavy atom. The summed E-state index contributed by atoms with van der Waals surface area (Å²) < 4.78 is 5.46. The van der Waals surface area contributed by atoms with E-state index in [4.69, 9.17) is 10.2 Å². The van der Waals surface area contributed by atoms with Crippen LogP contribution in [0.3, 0.4) is 0 Å². The van der Waals surface area contributed by atoms with Gasteiger partial charge in [-0.05, 0) is 24.3 Å². The second kappa shape index (κ2) is 5.82. The van der Waals surface area contributed by atoms with Gasteiger partial charge in [-0.3, -0.25) is 0 Å². The topological polar surface area (TPSA) is 81.2 Å². The van der Waals surface area contributed by atoms with Crippen molar-refractivity contribution in [3.05, 3.63) is 70.4 Å². The first-order valence-corrected chi connectivity index (χ1v) is 8.19. The monoisotopic (exact) mass is 335 g/mol. The van der Waals surface area contributed by atoms with E-state index >= 15 is 0 Å². The number of nitrogens with zero attached hydrogens (tertiary/aromatic N) is 1. The van der Waals surface area contributed by atoms with Crippen LogP contribution < -0.4 is 16.7 Å². The van der Waals surface area contributed by atoms with Crippen molar-refractivity contribution in [3.63, 3.8) is 0 Å². The van der Waals surface area contributed by atoms with E-state index < -0.39 is 5.63 Å². The Balaban J connectivity index is 2.01. The van der Waals surface area contributed by atoms with Gasteiger partial charge in [0.1, 0.15) is 11.1 Å². The van der Waals surface area contributed by atoms with Crippen molar-refractivity contribution in [1.82, 2.24) is 4.98 Å². The fourth-order valence-corrected chi connectivity index (χ4v) is 3.13. The minimum atomic E-state index is -0.447. The summed E-state index contributed by atoms with van der Waals surface area (Å²) in [6, 6.07) is 17.1. The van der Waals surface area contributed by atoms with E-state index in [9.17, 15) is 4.79 Å². The Labute approximate surface area is 141 Å². The first-order valence-electron chi connectivity index (χ1n) is 7.31. The summed E-state index contributed by atoms with van der Waals surface area (Å²) in [5.74, 6) is 0. The molecule has 4 rings (SSSR count). The van der Waals surface area contributed by atoms with Crippen molar-refractivity contribution >= 4 is 38.8 Å². The summed E-state index contributed by atoms with van der Waals surface area (Å²) >= 11 is 1.29. The Morgan fingerprint density at radius 3 is 2.54 bits per heavy atom. The molecule has 0 aliphatic heterocycles. The third-order valence-electron chi connectivity index (χ3n) is 3.63. The van der Waals surface area contributed by atoms with Crippen LogP contribution >= 0.6 is 11.3 Å². The Hall–Kier alpha value is -3.12. The van der Waals surface area contributed by atoms with Gasteiger partial charge in [0.25, 0.3) is 0 Å². The molecular formula is C18H13N3O2S. The van der Waals surface area contributed by atoms with Crippen molar-refractivity contribution in [2.24, 2.45) is 0 Å². The SMILES string of the molecule is Nc1nc(-c2c(Nc3ccccc3)c3ccccc3oc2=O)cs1. The third kappa shape index (κ3) is 2.53. The summed E-state index contributed by atoms with van der Waals surface area (Å²) in [5, 5.41) is 6.30. The van der Waals surface area contributed by atoms with Crippen LogP contribution in [0.5, 0.6) is 0 Å². The van der Waals surface area contributed by atoms with Gasteiger partial charge in [0, 0.05) is 16.5 Å². The highest BCUT2D eigenvalue weighted by atomic mass is 32.1. The molecule has 0 amide bonds. The van der Waals surface area contributed by atoms with E-state index in [0.29, 0.717) is 27.7 Å². The molecule has 24 heavy (non-hydrogen) atoms. The third-order valence-corrected chi connectivity index (χ3v) is 4.31. The van der Waals surface area contributed by atoms with Gasteiger partial charge in [0.15, 0.2) is 5.13 Å². The first kappa shape index (κ1) is 14.5. The predicted octanol–water partition coefficient (Wildman–Crippen LogP) is 4.24. The average molecular weight is 335 g/mol. The highest BCUT2D eigenvalue weighted by molar-refractivity contribution is 7.13. The molecule has 2 aromatic carbocycles. The minimum Gasteiger partial charge on any atom is -0.422 e. The summed E-state index contributed by atoms with van der Waals surface area (Å²) in [6.07, 6.45) is 0. The van der Waals surface area contributed by atoms with E-state index in [0.717, 1.165) is 11.1 Å². The van der Waals surface area contributed by atoms with Gasteiger partial charge in [-0.1, -0.05) is 30.3 Å². The van der Waals surface area contributed by atoms with E-state index in [2.05, 4.69) is 10.3 Å². The van der Waals surface area contributed by atoms with Crippen LogP contribution in [0.25, 0.3) is 22.2 Å². The molecule has 5 nitrogen and oxygen atoms in total. The number of fused-ring (bicyclic) bond motifs is 1. The van der Waals surface area contributed by atoms with Crippen LogP contribution in [-0.4, -0.2) is 4.98 Å². The lowest BCUT2D eigenvalue weighted by Gasteiger charge is -2.12. The zero-order chi connectivity index (χ0) is 16.5. The second-order valence-corrected chi connectivity index (χ2v) is 6.09. The van der Waals surface area contributed by atoms with Crippen molar-refractivity contribution in [3.8, 4) is 11.3 Å². The number of thiazole rings is 1. The maximum Gasteiger partial charge on any atom is 0.347 e. The number of para-hydroxylation sites is 2. The van der Waals surface area contributed by atoms with Crippen molar-refractivity contribution in [2.75, 3.05) is 11.1 Å². The molecule has 0 saturated carbocycles. The molecule has 3 N–H and O–H groups in total. The molecule has 2 heterocycles. The summed E-state index contributed by atoms with van der Waals surface area (Å²) in [5.41, 5.74) is 8.24. The highest BCUT2D eigenvalue weighted by Gasteiger charge is 2.18. The number of anilines is 3. The van der Waals surface area contributed by atoms with Crippen molar-refractivity contribution in [1.29, 1.82) is 0 Å². The van der Waals surface area contributed by atoms with E-state index in [1.54, 1.807) is 11.4 Å². The van der Waals surface area contributed by atoms with Gasteiger partial charge in [-0.15, -0.1) is 11.3 Å². The number of hydrogen-bond donors (Lipinski definition) is 2. The number of aromatic nitrogens is 1. The van der Waals surface area contributed by atoms with Crippen LogP contribution in [-0.2, 0) is 0 Å². The zero-order valence-corrected chi connectivity index (χ0v) is 13.3. The Morgan fingerprint density at radius 2 is 1.79 bits per heavy atom. The minimum absolute atomic E-state index is 0.380. The molecule has 0 aliphatic rings. The fraction of sp³-hybridized carbons (Fsp3) is 0. The molecule has 0 atom stereocenters. The van der Waals surface area contributed by atoms with Crippen LogP contribution in [0.4, 0.5) is 16.5 Å². The lowest BCUT2D eigenvalue weighted by atomic mass is 10.1. The van der Waals surface area contributed by atoms with E-state index in [-0.39, 0.29) is 0 Å². The number of nitrogens with one attached hydrogen (secondary N) is 1. The van der Waals surface area contributed by atoms with Crippen LogP contribution in [0.1, 0.15) is 0 Å². The maximum absolute atomic E-state index is 12.6. The second-order valence-electron chi connectivity index (χ2n) is 5.20. The van der Waals surface area contributed by atoms with Gasteiger partial charge in [-0.2, -0.15) is 0 Å². The van der Waals surface area contributed by atoms with Gasteiger partial charge in [-0.25, -0.2) is 9.78 Å². The number of rotatable bonds is 3. The Kier molecular flexibility index (Phi) is 3.51. The number of nitrogen functional groups attached to an aromatic ring is 1. The molecule has 2 aromatic heterocycles. The van der Waals surface area contributed by atoms with Crippen LogP contribution in [0.2, 0.25) is 0 Å². The van der Waals surface area contributed by atoms with E-state index in [1.165, 1.54) is 11.3 Å². The molecule has 0 saturated heterocycles. The number of hydrogen-bond acceptors (Lipinski definition) is 6.